The molecule has 0 saturated carbocycles. The Morgan fingerprint density at radius 3 is 3.00 bits per heavy atom. The Bertz CT molecular complexity index is 626. The molecule has 1 amide bonds. The Kier molecular flexibility index (Phi) is 4.48. The van der Waals surface area contributed by atoms with E-state index in [1.807, 2.05) is 37.3 Å². The molecule has 3 rings (SSSR count). The standard InChI is InChI=1S/C16H20N4O2/c1-12-16(21)17-9-11-20(12)10-5-8-14-18-15(19-22-14)13-6-3-2-4-7-13/h2-4,6-7,12H,5,8-11H2,1H3,(H,17,21). The molecule has 1 aromatic heterocycles. The molecule has 0 radical (unpaired) electrons. The second kappa shape index (κ2) is 6.70. The molecule has 0 aliphatic carbocycles. The molecule has 1 atom stereocenters. The molecule has 6 nitrogen and oxygen atoms in total. The quantitative estimate of drug-likeness (QED) is 0.906. The monoisotopic (exact) mass is 300 g/mol. The van der Waals surface area contributed by atoms with Gasteiger partial charge in [0.25, 0.3) is 0 Å². The van der Waals surface area contributed by atoms with Crippen molar-refractivity contribution in [3.8, 4) is 11.4 Å². The Hall–Kier alpha value is -2.21. The number of benzene rings is 1. The Morgan fingerprint density at radius 2 is 2.18 bits per heavy atom. The molecule has 1 unspecified atom stereocenters. The first kappa shape index (κ1) is 14.7. The van der Waals surface area contributed by atoms with Crippen LogP contribution in [0.3, 0.4) is 0 Å². The normalized spacial score (nSPS) is 19.1. The number of amides is 1. The molecule has 1 saturated heterocycles. The predicted octanol–water partition coefficient (Wildman–Crippen LogP) is 1.49. The van der Waals surface area contributed by atoms with Gasteiger partial charge in [-0.25, -0.2) is 0 Å². The minimum Gasteiger partial charge on any atom is -0.353 e. The van der Waals surface area contributed by atoms with Crippen molar-refractivity contribution in [1.29, 1.82) is 0 Å². The van der Waals surface area contributed by atoms with Gasteiger partial charge in [0.2, 0.25) is 17.6 Å². The molecular weight excluding hydrogens is 280 g/mol. The molecule has 1 fully saturated rings. The van der Waals surface area contributed by atoms with Gasteiger partial charge in [-0.3, -0.25) is 9.69 Å². The summed E-state index contributed by atoms with van der Waals surface area (Å²) in [5.74, 6) is 1.38. The molecule has 1 aliphatic heterocycles. The lowest BCUT2D eigenvalue weighted by molar-refractivity contribution is -0.128. The second-order valence-corrected chi connectivity index (χ2v) is 5.48. The third kappa shape index (κ3) is 3.33. The van der Waals surface area contributed by atoms with Gasteiger partial charge in [0, 0.05) is 25.1 Å². The van der Waals surface area contributed by atoms with E-state index in [0.29, 0.717) is 11.7 Å². The van der Waals surface area contributed by atoms with Crippen molar-refractivity contribution in [2.24, 2.45) is 0 Å². The summed E-state index contributed by atoms with van der Waals surface area (Å²) in [6.45, 7) is 4.42. The smallest absolute Gasteiger partial charge is 0.237 e. The molecule has 6 heteroatoms. The van der Waals surface area contributed by atoms with E-state index in [1.54, 1.807) is 0 Å². The number of aryl methyl sites for hydroxylation is 1. The van der Waals surface area contributed by atoms with Crippen LogP contribution in [-0.2, 0) is 11.2 Å². The first-order valence-corrected chi connectivity index (χ1v) is 7.64. The molecule has 1 aromatic carbocycles. The highest BCUT2D eigenvalue weighted by Gasteiger charge is 2.24. The van der Waals surface area contributed by atoms with Crippen LogP contribution in [-0.4, -0.2) is 46.6 Å². The summed E-state index contributed by atoms with van der Waals surface area (Å²) in [5.41, 5.74) is 0.957. The van der Waals surface area contributed by atoms with Crippen LogP contribution in [0.2, 0.25) is 0 Å². The van der Waals surface area contributed by atoms with Crippen molar-refractivity contribution in [2.45, 2.75) is 25.8 Å². The van der Waals surface area contributed by atoms with Crippen LogP contribution in [0.4, 0.5) is 0 Å². The molecule has 22 heavy (non-hydrogen) atoms. The third-order valence-corrected chi connectivity index (χ3v) is 3.96. The number of carbonyl (C=O) groups is 1. The van der Waals surface area contributed by atoms with Crippen LogP contribution in [0, 0.1) is 0 Å². The lowest BCUT2D eigenvalue weighted by Gasteiger charge is -2.32. The molecule has 1 N–H and O–H groups in total. The van der Waals surface area contributed by atoms with E-state index < -0.39 is 0 Å². The maximum atomic E-state index is 11.6. The third-order valence-electron chi connectivity index (χ3n) is 3.96. The average Bonchev–Trinajstić information content (AvgIpc) is 3.01. The molecule has 0 bridgehead atoms. The van der Waals surface area contributed by atoms with E-state index in [9.17, 15) is 4.79 Å². The topological polar surface area (TPSA) is 71.3 Å². The van der Waals surface area contributed by atoms with Gasteiger partial charge in [-0.2, -0.15) is 4.98 Å². The molecule has 2 heterocycles. The highest BCUT2D eigenvalue weighted by Crippen LogP contribution is 2.15. The highest BCUT2D eigenvalue weighted by molar-refractivity contribution is 5.81. The zero-order chi connectivity index (χ0) is 15.4. The first-order valence-electron chi connectivity index (χ1n) is 7.64. The summed E-state index contributed by atoms with van der Waals surface area (Å²) in [6, 6.07) is 9.73. The van der Waals surface area contributed by atoms with E-state index in [1.165, 1.54) is 0 Å². The van der Waals surface area contributed by atoms with E-state index in [2.05, 4.69) is 20.4 Å². The van der Waals surface area contributed by atoms with Crippen LogP contribution in [0.1, 0.15) is 19.2 Å². The lowest BCUT2D eigenvalue weighted by atomic mass is 10.2. The van der Waals surface area contributed by atoms with Crippen molar-refractivity contribution >= 4 is 5.91 Å². The maximum absolute atomic E-state index is 11.6. The van der Waals surface area contributed by atoms with Gasteiger partial charge in [0.05, 0.1) is 6.04 Å². The van der Waals surface area contributed by atoms with Crippen LogP contribution < -0.4 is 5.32 Å². The molecular formula is C16H20N4O2. The van der Waals surface area contributed by atoms with Gasteiger partial charge in [-0.15, -0.1) is 0 Å². The molecule has 2 aromatic rings. The summed E-state index contributed by atoms with van der Waals surface area (Å²) in [5, 5.41) is 6.88. The first-order chi connectivity index (χ1) is 10.7. The largest absolute Gasteiger partial charge is 0.353 e. The fraction of sp³-hybridized carbons (Fsp3) is 0.438. The Labute approximate surface area is 129 Å². The number of carbonyl (C=O) groups excluding carboxylic acids is 1. The number of nitrogens with zero attached hydrogens (tertiary/aromatic N) is 3. The van der Waals surface area contributed by atoms with Crippen LogP contribution in [0.25, 0.3) is 11.4 Å². The number of aromatic nitrogens is 2. The van der Waals surface area contributed by atoms with Gasteiger partial charge in [0.1, 0.15) is 0 Å². The van der Waals surface area contributed by atoms with Crippen molar-refractivity contribution in [3.63, 3.8) is 0 Å². The average molecular weight is 300 g/mol. The molecule has 1 aliphatic rings. The number of hydrogen-bond acceptors (Lipinski definition) is 5. The van der Waals surface area contributed by atoms with Gasteiger partial charge in [0.15, 0.2) is 0 Å². The van der Waals surface area contributed by atoms with Crippen molar-refractivity contribution in [3.05, 3.63) is 36.2 Å². The zero-order valence-corrected chi connectivity index (χ0v) is 12.7. The number of nitrogens with one attached hydrogen (secondary N) is 1. The Morgan fingerprint density at radius 1 is 1.36 bits per heavy atom. The van der Waals surface area contributed by atoms with Crippen molar-refractivity contribution < 1.29 is 9.32 Å². The van der Waals surface area contributed by atoms with E-state index in [-0.39, 0.29) is 11.9 Å². The SMILES string of the molecule is CC1C(=O)NCCN1CCCc1nc(-c2ccccc2)no1. The second-order valence-electron chi connectivity index (χ2n) is 5.48. The summed E-state index contributed by atoms with van der Waals surface area (Å²) < 4.78 is 5.30. The summed E-state index contributed by atoms with van der Waals surface area (Å²) in [6.07, 6.45) is 1.62. The zero-order valence-electron chi connectivity index (χ0n) is 12.7. The summed E-state index contributed by atoms with van der Waals surface area (Å²) >= 11 is 0. The number of hydrogen-bond donors (Lipinski definition) is 1. The van der Waals surface area contributed by atoms with Crippen LogP contribution >= 0.6 is 0 Å². The summed E-state index contributed by atoms with van der Waals surface area (Å²) in [7, 11) is 0. The molecule has 0 spiro atoms. The Balaban J connectivity index is 1.52. The van der Waals surface area contributed by atoms with Gasteiger partial charge >= 0.3 is 0 Å². The lowest BCUT2D eigenvalue weighted by Crippen LogP contribution is -2.53. The van der Waals surface area contributed by atoms with Gasteiger partial charge < -0.3 is 9.84 Å². The van der Waals surface area contributed by atoms with E-state index in [0.717, 1.165) is 38.0 Å². The van der Waals surface area contributed by atoms with Gasteiger partial charge in [-0.1, -0.05) is 35.5 Å². The van der Waals surface area contributed by atoms with Crippen molar-refractivity contribution in [2.75, 3.05) is 19.6 Å². The molecule has 116 valence electrons. The number of rotatable bonds is 5. The maximum Gasteiger partial charge on any atom is 0.237 e. The minimum absolute atomic E-state index is 0.0590. The number of piperazine rings is 1. The van der Waals surface area contributed by atoms with E-state index in [4.69, 9.17) is 4.52 Å². The van der Waals surface area contributed by atoms with E-state index >= 15 is 0 Å². The fourth-order valence-corrected chi connectivity index (χ4v) is 2.63. The van der Waals surface area contributed by atoms with Crippen LogP contribution in [0.15, 0.2) is 34.9 Å². The van der Waals surface area contributed by atoms with Crippen molar-refractivity contribution in [1.82, 2.24) is 20.4 Å². The highest BCUT2D eigenvalue weighted by atomic mass is 16.5. The van der Waals surface area contributed by atoms with Crippen LogP contribution in [0.5, 0.6) is 0 Å². The predicted molar refractivity (Wildman–Crippen MR) is 82.1 cm³/mol. The minimum atomic E-state index is -0.0590. The fourth-order valence-electron chi connectivity index (χ4n) is 2.63. The summed E-state index contributed by atoms with van der Waals surface area (Å²) in [4.78, 5) is 18.2. The van der Waals surface area contributed by atoms with Gasteiger partial charge in [-0.05, 0) is 19.9 Å².